The molecule has 3 aromatic rings. The maximum atomic E-state index is 12.5. The van der Waals surface area contributed by atoms with Gasteiger partial charge in [0.25, 0.3) is 0 Å². The Kier molecular flexibility index (Phi) is 2.73. The predicted molar refractivity (Wildman–Crippen MR) is 86.9 cm³/mol. The summed E-state index contributed by atoms with van der Waals surface area (Å²) in [5.74, 6) is -0.0324. The standard InChI is InChI=1S/C15H11Cl2N3O/c1-18-14-10-7-6-9(16)8-13(10)20(15(21)19-14)12-5-3-2-4-11(12)17/h2-8H,1H3,(H,18,19,21)/i1D3. The van der Waals surface area contributed by atoms with Crippen LogP contribution >= 0.6 is 23.2 Å². The fourth-order valence-corrected chi connectivity index (χ4v) is 2.55. The molecule has 1 aromatic heterocycles. The zero-order chi connectivity index (χ0) is 17.5. The summed E-state index contributed by atoms with van der Waals surface area (Å²) in [4.78, 5) is 16.4. The van der Waals surface area contributed by atoms with Gasteiger partial charge in [-0.05, 0) is 30.3 Å². The van der Waals surface area contributed by atoms with Gasteiger partial charge in [0.2, 0.25) is 0 Å². The van der Waals surface area contributed by atoms with Crippen LogP contribution in [-0.2, 0) is 0 Å². The van der Waals surface area contributed by atoms with Gasteiger partial charge in [0.05, 0.1) is 16.2 Å². The van der Waals surface area contributed by atoms with Gasteiger partial charge in [0.1, 0.15) is 5.82 Å². The van der Waals surface area contributed by atoms with Gasteiger partial charge in [-0.1, -0.05) is 35.3 Å². The Morgan fingerprint density at radius 1 is 1.24 bits per heavy atom. The molecular weight excluding hydrogens is 309 g/mol. The lowest BCUT2D eigenvalue weighted by molar-refractivity contribution is 0.961. The molecule has 6 heteroatoms. The van der Waals surface area contributed by atoms with Crippen molar-refractivity contribution in [2.24, 2.45) is 0 Å². The summed E-state index contributed by atoms with van der Waals surface area (Å²) < 4.78 is 23.3. The van der Waals surface area contributed by atoms with Gasteiger partial charge in [0.15, 0.2) is 0 Å². The van der Waals surface area contributed by atoms with E-state index in [-0.39, 0.29) is 5.82 Å². The molecule has 0 spiro atoms. The van der Waals surface area contributed by atoms with E-state index in [1.54, 1.807) is 42.5 Å². The summed E-state index contributed by atoms with van der Waals surface area (Å²) in [6, 6.07) is 11.6. The normalized spacial score (nSPS) is 13.5. The number of benzene rings is 2. The largest absolute Gasteiger partial charge is 0.372 e. The second-order valence-corrected chi connectivity index (χ2v) is 5.16. The molecule has 0 radical (unpaired) electrons. The van der Waals surface area contributed by atoms with E-state index in [1.807, 2.05) is 0 Å². The van der Waals surface area contributed by atoms with Crippen LogP contribution in [0.1, 0.15) is 4.11 Å². The number of rotatable bonds is 2. The van der Waals surface area contributed by atoms with Crippen LogP contribution in [0.15, 0.2) is 47.3 Å². The highest BCUT2D eigenvalue weighted by Gasteiger charge is 2.13. The van der Waals surface area contributed by atoms with Gasteiger partial charge in [-0.2, -0.15) is 4.98 Å². The molecule has 0 aliphatic heterocycles. The van der Waals surface area contributed by atoms with Crippen LogP contribution in [0, 0.1) is 0 Å². The lowest BCUT2D eigenvalue weighted by atomic mass is 10.2. The molecule has 106 valence electrons. The lowest BCUT2D eigenvalue weighted by Crippen LogP contribution is -2.23. The summed E-state index contributed by atoms with van der Waals surface area (Å²) in [6.45, 7) is -2.48. The van der Waals surface area contributed by atoms with Crippen LogP contribution in [-0.4, -0.2) is 16.5 Å². The molecule has 0 fully saturated rings. The highest BCUT2D eigenvalue weighted by molar-refractivity contribution is 6.32. The van der Waals surface area contributed by atoms with Crippen LogP contribution in [0.5, 0.6) is 0 Å². The summed E-state index contributed by atoms with van der Waals surface area (Å²) in [5, 5.41) is 3.47. The zero-order valence-electron chi connectivity index (χ0n) is 13.6. The Bertz CT molecular complexity index is 986. The molecular formula is C15H11Cl2N3O. The van der Waals surface area contributed by atoms with E-state index in [0.717, 1.165) is 0 Å². The van der Waals surface area contributed by atoms with Crippen molar-refractivity contribution < 1.29 is 4.11 Å². The van der Waals surface area contributed by atoms with E-state index in [2.05, 4.69) is 10.3 Å². The third-order valence-electron chi connectivity index (χ3n) is 3.07. The Morgan fingerprint density at radius 3 is 2.81 bits per heavy atom. The maximum Gasteiger partial charge on any atom is 0.354 e. The average Bonchev–Trinajstić information content (AvgIpc) is 2.47. The maximum absolute atomic E-state index is 12.5. The Balaban J connectivity index is 2.38. The van der Waals surface area contributed by atoms with Crippen LogP contribution in [0.3, 0.4) is 0 Å². The van der Waals surface area contributed by atoms with E-state index >= 15 is 0 Å². The minimum Gasteiger partial charge on any atom is -0.372 e. The van der Waals surface area contributed by atoms with Gasteiger partial charge in [-0.25, -0.2) is 4.79 Å². The molecule has 0 amide bonds. The number of hydrogen-bond donors (Lipinski definition) is 1. The number of nitrogens with one attached hydrogen (secondary N) is 1. The molecule has 3 rings (SSSR count). The van der Waals surface area contributed by atoms with Crippen molar-refractivity contribution in [1.29, 1.82) is 0 Å². The second kappa shape index (κ2) is 5.39. The molecule has 0 saturated heterocycles. The molecule has 21 heavy (non-hydrogen) atoms. The van der Waals surface area contributed by atoms with Crippen molar-refractivity contribution in [2.75, 3.05) is 12.3 Å². The van der Waals surface area contributed by atoms with E-state index in [4.69, 9.17) is 27.3 Å². The fraction of sp³-hybridized carbons (Fsp3) is 0.0667. The van der Waals surface area contributed by atoms with Crippen molar-refractivity contribution in [3.8, 4) is 5.69 Å². The number of nitrogens with zero attached hydrogens (tertiary/aromatic N) is 2. The van der Waals surface area contributed by atoms with Crippen molar-refractivity contribution in [2.45, 2.75) is 0 Å². The van der Waals surface area contributed by atoms with Gasteiger partial charge in [-0.3, -0.25) is 4.57 Å². The third kappa shape index (κ3) is 2.37. The number of hydrogen-bond acceptors (Lipinski definition) is 3. The molecule has 0 bridgehead atoms. The molecule has 1 heterocycles. The SMILES string of the molecule is [2H]C([2H])([2H])Nc1nc(=O)n(-c2ccccc2Cl)c2cc(Cl)ccc12. The minimum absolute atomic E-state index is 0.0324. The van der Waals surface area contributed by atoms with Crippen LogP contribution in [0.2, 0.25) is 10.0 Å². The monoisotopic (exact) mass is 322 g/mol. The summed E-state index contributed by atoms with van der Waals surface area (Å²) in [6.07, 6.45) is 0. The molecule has 2 aromatic carbocycles. The third-order valence-corrected chi connectivity index (χ3v) is 3.62. The van der Waals surface area contributed by atoms with Crippen LogP contribution < -0.4 is 11.0 Å². The molecule has 0 saturated carbocycles. The minimum atomic E-state index is -2.48. The zero-order valence-corrected chi connectivity index (χ0v) is 12.1. The first-order chi connectivity index (χ1) is 11.3. The molecule has 0 aliphatic carbocycles. The Morgan fingerprint density at radius 2 is 2.05 bits per heavy atom. The van der Waals surface area contributed by atoms with E-state index in [1.165, 1.54) is 4.57 Å². The van der Waals surface area contributed by atoms with Gasteiger partial charge in [0, 0.05) is 21.5 Å². The van der Waals surface area contributed by atoms with E-state index in [9.17, 15) is 4.79 Å². The number of halogens is 2. The molecule has 0 aliphatic rings. The summed E-state index contributed by atoms with van der Waals surface area (Å²) in [7, 11) is 0. The van der Waals surface area contributed by atoms with Crippen molar-refractivity contribution in [1.82, 2.24) is 9.55 Å². The van der Waals surface area contributed by atoms with Gasteiger partial charge in [-0.15, -0.1) is 0 Å². The highest BCUT2D eigenvalue weighted by atomic mass is 35.5. The highest BCUT2D eigenvalue weighted by Crippen LogP contribution is 2.27. The first-order valence-corrected chi connectivity index (χ1v) is 6.77. The van der Waals surface area contributed by atoms with Gasteiger partial charge >= 0.3 is 5.69 Å². The topological polar surface area (TPSA) is 46.9 Å². The van der Waals surface area contributed by atoms with Crippen LogP contribution in [0.25, 0.3) is 16.6 Å². The first kappa shape index (κ1) is 10.7. The number of aromatic nitrogens is 2. The first-order valence-electron chi connectivity index (χ1n) is 7.52. The smallest absolute Gasteiger partial charge is 0.354 e. The Hall–Kier alpha value is -2.04. The second-order valence-electron chi connectivity index (χ2n) is 4.32. The molecule has 1 N–H and O–H groups in total. The van der Waals surface area contributed by atoms with Crippen LogP contribution in [0.4, 0.5) is 5.82 Å². The van der Waals surface area contributed by atoms with Crippen molar-refractivity contribution in [3.63, 3.8) is 0 Å². The van der Waals surface area contributed by atoms with E-state index < -0.39 is 12.7 Å². The van der Waals surface area contributed by atoms with Gasteiger partial charge < -0.3 is 5.32 Å². The number of para-hydroxylation sites is 1. The average molecular weight is 323 g/mol. The molecule has 4 nitrogen and oxygen atoms in total. The molecule has 0 unspecified atom stereocenters. The van der Waals surface area contributed by atoms with Crippen molar-refractivity contribution >= 4 is 39.9 Å². The van der Waals surface area contributed by atoms with Crippen molar-refractivity contribution in [3.05, 3.63) is 63.0 Å². The fourth-order valence-electron chi connectivity index (χ4n) is 2.16. The summed E-state index contributed by atoms with van der Waals surface area (Å²) in [5.41, 5.74) is 0.177. The van der Waals surface area contributed by atoms with E-state index in [0.29, 0.717) is 26.6 Å². The molecule has 0 atom stereocenters. The number of anilines is 1. The predicted octanol–water partition coefficient (Wildman–Crippen LogP) is 3.73. The summed E-state index contributed by atoms with van der Waals surface area (Å²) >= 11 is 12.2. The quantitative estimate of drug-likeness (QED) is 0.781. The lowest BCUT2D eigenvalue weighted by Gasteiger charge is -2.13. The number of fused-ring (bicyclic) bond motifs is 1. The Labute approximate surface area is 135 Å².